The number of ether oxygens (including phenoxy) is 1. The molecule has 0 saturated heterocycles. The fraction of sp³-hybridized carbons (Fsp3) is 0.556. The van der Waals surface area contributed by atoms with Gasteiger partial charge in [0, 0.05) is 39.1 Å². The molecule has 0 radical (unpaired) electrons. The standard InChI is InChI=1S/C18H23FN4O2/c1-25-16-10-14(4-5-15(16)19)11-21-7-6-17-20-23(12-13-2-3-13)18(24)22(17)9-8-21/h4-5,10,13H,2-3,6-9,11-12H2,1H3. The highest BCUT2D eigenvalue weighted by Gasteiger charge is 2.25. The molecular weight excluding hydrogens is 323 g/mol. The van der Waals surface area contributed by atoms with Crippen molar-refractivity contribution in [2.24, 2.45) is 5.92 Å². The van der Waals surface area contributed by atoms with E-state index in [0.717, 1.165) is 37.4 Å². The number of aromatic nitrogens is 3. The van der Waals surface area contributed by atoms with E-state index in [2.05, 4.69) is 10.00 Å². The average Bonchev–Trinajstić information content (AvgIpc) is 3.40. The zero-order chi connectivity index (χ0) is 17.4. The lowest BCUT2D eigenvalue weighted by Crippen LogP contribution is -2.30. The second-order valence-electron chi connectivity index (χ2n) is 6.97. The van der Waals surface area contributed by atoms with Crippen LogP contribution in [0.1, 0.15) is 24.2 Å². The molecule has 7 heteroatoms. The van der Waals surface area contributed by atoms with Crippen LogP contribution in [-0.4, -0.2) is 39.4 Å². The summed E-state index contributed by atoms with van der Waals surface area (Å²) in [6.07, 6.45) is 3.18. The summed E-state index contributed by atoms with van der Waals surface area (Å²) in [4.78, 5) is 14.8. The summed E-state index contributed by atoms with van der Waals surface area (Å²) in [7, 11) is 1.47. The summed E-state index contributed by atoms with van der Waals surface area (Å²) >= 11 is 0. The Balaban J connectivity index is 1.44. The quantitative estimate of drug-likeness (QED) is 0.826. The molecule has 1 aromatic heterocycles. The van der Waals surface area contributed by atoms with Crippen molar-refractivity contribution in [3.8, 4) is 5.75 Å². The van der Waals surface area contributed by atoms with Crippen molar-refractivity contribution in [1.29, 1.82) is 0 Å². The number of nitrogens with zero attached hydrogens (tertiary/aromatic N) is 4. The monoisotopic (exact) mass is 346 g/mol. The highest BCUT2D eigenvalue weighted by Crippen LogP contribution is 2.29. The number of hydrogen-bond donors (Lipinski definition) is 0. The number of fused-ring (bicyclic) bond motifs is 1. The van der Waals surface area contributed by atoms with Crippen LogP contribution in [0, 0.1) is 11.7 Å². The van der Waals surface area contributed by atoms with Crippen molar-refractivity contribution in [3.63, 3.8) is 0 Å². The topological polar surface area (TPSA) is 52.3 Å². The molecule has 0 N–H and O–H groups in total. The summed E-state index contributed by atoms with van der Waals surface area (Å²) in [6.45, 7) is 3.73. The lowest BCUT2D eigenvalue weighted by atomic mass is 10.2. The van der Waals surface area contributed by atoms with Gasteiger partial charge in [0.1, 0.15) is 5.82 Å². The van der Waals surface area contributed by atoms with Gasteiger partial charge in [-0.2, -0.15) is 5.10 Å². The van der Waals surface area contributed by atoms with Crippen molar-refractivity contribution in [3.05, 3.63) is 45.9 Å². The number of halogens is 1. The van der Waals surface area contributed by atoms with Gasteiger partial charge in [0.15, 0.2) is 11.6 Å². The molecule has 134 valence electrons. The van der Waals surface area contributed by atoms with Crippen molar-refractivity contribution < 1.29 is 9.13 Å². The Morgan fingerprint density at radius 1 is 1.28 bits per heavy atom. The Hall–Kier alpha value is -2.15. The minimum absolute atomic E-state index is 0.0206. The van der Waals surface area contributed by atoms with E-state index in [9.17, 15) is 9.18 Å². The minimum Gasteiger partial charge on any atom is -0.494 e. The van der Waals surface area contributed by atoms with Gasteiger partial charge in [-0.3, -0.25) is 9.47 Å². The van der Waals surface area contributed by atoms with Crippen molar-refractivity contribution >= 4 is 0 Å². The van der Waals surface area contributed by atoms with Gasteiger partial charge in [-0.05, 0) is 36.5 Å². The summed E-state index contributed by atoms with van der Waals surface area (Å²) in [5.74, 6) is 1.44. The zero-order valence-electron chi connectivity index (χ0n) is 14.4. The molecular formula is C18H23FN4O2. The maximum absolute atomic E-state index is 13.5. The molecule has 1 fully saturated rings. The van der Waals surface area contributed by atoms with Crippen LogP contribution in [-0.2, 0) is 26.1 Å². The molecule has 2 aromatic rings. The van der Waals surface area contributed by atoms with Gasteiger partial charge >= 0.3 is 5.69 Å². The van der Waals surface area contributed by atoms with Gasteiger partial charge in [-0.15, -0.1) is 0 Å². The third-order valence-corrected chi connectivity index (χ3v) is 5.04. The Kier molecular flexibility index (Phi) is 4.33. The second kappa shape index (κ2) is 6.63. The molecule has 1 saturated carbocycles. The summed E-state index contributed by atoms with van der Waals surface area (Å²) in [5.41, 5.74) is 1.02. The normalized spacial score (nSPS) is 18.0. The second-order valence-corrected chi connectivity index (χ2v) is 6.97. The lowest BCUT2D eigenvalue weighted by Gasteiger charge is -2.19. The van der Waals surface area contributed by atoms with E-state index in [1.54, 1.807) is 16.8 Å². The summed E-state index contributed by atoms with van der Waals surface area (Å²) in [6, 6.07) is 4.96. The molecule has 2 heterocycles. The molecule has 25 heavy (non-hydrogen) atoms. The van der Waals surface area contributed by atoms with E-state index in [-0.39, 0.29) is 17.3 Å². The maximum atomic E-state index is 13.5. The van der Waals surface area contributed by atoms with Crippen molar-refractivity contribution in [2.75, 3.05) is 20.2 Å². The predicted molar refractivity (Wildman–Crippen MR) is 91.1 cm³/mol. The highest BCUT2D eigenvalue weighted by molar-refractivity contribution is 5.30. The minimum atomic E-state index is -0.349. The number of rotatable bonds is 5. The smallest absolute Gasteiger partial charge is 0.345 e. The van der Waals surface area contributed by atoms with Crippen LogP contribution < -0.4 is 10.4 Å². The highest BCUT2D eigenvalue weighted by atomic mass is 19.1. The molecule has 6 nitrogen and oxygen atoms in total. The molecule has 0 spiro atoms. The fourth-order valence-corrected chi connectivity index (χ4v) is 3.39. The van der Waals surface area contributed by atoms with Crippen molar-refractivity contribution in [1.82, 2.24) is 19.2 Å². The Morgan fingerprint density at radius 3 is 2.88 bits per heavy atom. The first-order chi connectivity index (χ1) is 12.1. The van der Waals surface area contributed by atoms with E-state index < -0.39 is 0 Å². The average molecular weight is 346 g/mol. The Morgan fingerprint density at radius 2 is 2.12 bits per heavy atom. The van der Waals surface area contributed by atoms with E-state index in [1.807, 2.05) is 4.57 Å². The number of methoxy groups -OCH3 is 1. The molecule has 0 bridgehead atoms. The van der Waals surface area contributed by atoms with E-state index in [4.69, 9.17) is 4.74 Å². The van der Waals surface area contributed by atoms with E-state index >= 15 is 0 Å². The SMILES string of the molecule is COc1cc(CN2CCc3nn(CC4CC4)c(=O)n3CC2)ccc1F. The van der Waals surface area contributed by atoms with Crippen LogP contribution >= 0.6 is 0 Å². The zero-order valence-corrected chi connectivity index (χ0v) is 14.4. The fourth-order valence-electron chi connectivity index (χ4n) is 3.39. The molecule has 0 unspecified atom stereocenters. The van der Waals surface area contributed by atoms with Gasteiger partial charge in [-0.25, -0.2) is 13.9 Å². The Labute approximate surface area is 145 Å². The van der Waals surface area contributed by atoms with Gasteiger partial charge in [0.05, 0.1) is 7.11 Å². The molecule has 1 aliphatic heterocycles. The van der Waals surface area contributed by atoms with Crippen LogP contribution in [0.2, 0.25) is 0 Å². The molecule has 0 amide bonds. The van der Waals surface area contributed by atoms with Crippen LogP contribution in [0.3, 0.4) is 0 Å². The first kappa shape index (κ1) is 16.3. The van der Waals surface area contributed by atoms with E-state index in [1.165, 1.54) is 26.0 Å². The van der Waals surface area contributed by atoms with Crippen molar-refractivity contribution in [2.45, 2.75) is 38.9 Å². The van der Waals surface area contributed by atoms with Crippen LogP contribution in [0.15, 0.2) is 23.0 Å². The molecule has 4 rings (SSSR count). The summed E-state index contributed by atoms with van der Waals surface area (Å²) in [5, 5.41) is 4.54. The largest absolute Gasteiger partial charge is 0.494 e. The summed E-state index contributed by atoms with van der Waals surface area (Å²) < 4.78 is 22.1. The van der Waals surface area contributed by atoms with Crippen LogP contribution in [0.25, 0.3) is 0 Å². The maximum Gasteiger partial charge on any atom is 0.345 e. The predicted octanol–water partition coefficient (Wildman–Crippen LogP) is 1.66. The van der Waals surface area contributed by atoms with Gasteiger partial charge in [-0.1, -0.05) is 6.07 Å². The van der Waals surface area contributed by atoms with Crippen LogP contribution in [0.4, 0.5) is 4.39 Å². The first-order valence-corrected chi connectivity index (χ1v) is 8.85. The molecule has 2 aliphatic rings. The van der Waals surface area contributed by atoms with E-state index in [0.29, 0.717) is 19.0 Å². The third-order valence-electron chi connectivity index (χ3n) is 5.04. The first-order valence-electron chi connectivity index (χ1n) is 8.85. The van der Waals surface area contributed by atoms with Gasteiger partial charge < -0.3 is 4.74 Å². The number of hydrogen-bond acceptors (Lipinski definition) is 4. The third kappa shape index (κ3) is 3.46. The van der Waals surface area contributed by atoms with Gasteiger partial charge in [0.2, 0.25) is 0 Å². The number of benzene rings is 1. The molecule has 1 aromatic carbocycles. The molecule has 0 atom stereocenters. The molecule has 1 aliphatic carbocycles. The van der Waals surface area contributed by atoms with Gasteiger partial charge in [0.25, 0.3) is 0 Å². The lowest BCUT2D eigenvalue weighted by molar-refractivity contribution is 0.268. The van der Waals surface area contributed by atoms with Crippen LogP contribution in [0.5, 0.6) is 5.75 Å². The Bertz CT molecular complexity index is 825.